The number of carbonyl (C=O) groups excluding carboxylic acids is 2. The van der Waals surface area contributed by atoms with Gasteiger partial charge in [-0.25, -0.2) is 18.4 Å². The van der Waals surface area contributed by atoms with Crippen LogP contribution in [0.5, 0.6) is 5.75 Å². The van der Waals surface area contributed by atoms with E-state index in [1.807, 2.05) is 0 Å². The molecule has 7 nitrogen and oxygen atoms in total. The number of halogens is 1. The second kappa shape index (κ2) is 7.64. The minimum atomic E-state index is -4.01. The smallest absolute Gasteiger partial charge is 0.340 e. The fraction of sp³-hybridized carbons (Fsp3) is 0.125. The Morgan fingerprint density at radius 1 is 1.12 bits per heavy atom. The number of hydrogen-bond acceptors (Lipinski definition) is 6. The Hall–Kier alpha value is -2.42. The average molecular weight is 384 g/mol. The second-order valence-corrected chi connectivity index (χ2v) is 6.85. The molecule has 0 fully saturated rings. The fourth-order valence-corrected chi connectivity index (χ4v) is 2.73. The molecule has 0 saturated heterocycles. The molecule has 0 saturated carbocycles. The van der Waals surface area contributed by atoms with Gasteiger partial charge < -0.3 is 9.47 Å². The molecule has 0 unspecified atom stereocenters. The highest BCUT2D eigenvalue weighted by atomic mass is 35.5. The van der Waals surface area contributed by atoms with E-state index < -0.39 is 28.4 Å². The third kappa shape index (κ3) is 4.56. The number of esters is 1. The highest BCUT2D eigenvalue weighted by Gasteiger charge is 2.19. The van der Waals surface area contributed by atoms with Crippen LogP contribution in [0.4, 0.5) is 0 Å². The number of primary sulfonamides is 1. The molecule has 0 spiro atoms. The summed E-state index contributed by atoms with van der Waals surface area (Å²) in [4.78, 5) is 24.0. The number of ether oxygens (including phenoxy) is 2. The van der Waals surface area contributed by atoms with Crippen LogP contribution in [-0.4, -0.2) is 33.9 Å². The number of nitrogens with two attached hydrogens (primary N) is 1. The molecule has 0 heterocycles. The normalized spacial score (nSPS) is 11.0. The minimum Gasteiger partial charge on any atom is -0.496 e. The van der Waals surface area contributed by atoms with Gasteiger partial charge in [-0.05, 0) is 30.3 Å². The lowest BCUT2D eigenvalue weighted by Crippen LogP contribution is -2.17. The molecule has 0 amide bonds. The summed E-state index contributed by atoms with van der Waals surface area (Å²) in [6, 6.07) is 9.83. The van der Waals surface area contributed by atoms with Crippen molar-refractivity contribution >= 4 is 33.4 Å². The third-order valence-corrected chi connectivity index (χ3v) is 4.47. The Kier molecular flexibility index (Phi) is 5.78. The number of methoxy groups -OCH3 is 1. The number of rotatable bonds is 6. The molecule has 2 aromatic carbocycles. The topological polar surface area (TPSA) is 113 Å². The first kappa shape index (κ1) is 18.9. The molecule has 2 aromatic rings. The lowest BCUT2D eigenvalue weighted by atomic mass is 10.1. The first-order chi connectivity index (χ1) is 11.7. The summed E-state index contributed by atoms with van der Waals surface area (Å²) < 4.78 is 32.7. The molecular formula is C16H14ClNO6S. The van der Waals surface area contributed by atoms with Gasteiger partial charge in [0.2, 0.25) is 15.8 Å². The zero-order valence-corrected chi connectivity index (χ0v) is 14.6. The predicted octanol–water partition coefficient (Wildman–Crippen LogP) is 2.04. The first-order valence-corrected chi connectivity index (χ1v) is 8.82. The van der Waals surface area contributed by atoms with Crippen molar-refractivity contribution < 1.29 is 27.5 Å². The van der Waals surface area contributed by atoms with E-state index in [1.54, 1.807) is 18.2 Å². The molecule has 0 aromatic heterocycles. The van der Waals surface area contributed by atoms with Crippen LogP contribution in [-0.2, 0) is 14.8 Å². The zero-order valence-electron chi connectivity index (χ0n) is 13.1. The molecular weight excluding hydrogens is 370 g/mol. The van der Waals surface area contributed by atoms with Crippen molar-refractivity contribution in [2.75, 3.05) is 13.7 Å². The van der Waals surface area contributed by atoms with Crippen LogP contribution in [0.25, 0.3) is 0 Å². The lowest BCUT2D eigenvalue weighted by molar-refractivity contribution is 0.0474. The zero-order chi connectivity index (χ0) is 18.6. The van der Waals surface area contributed by atoms with E-state index >= 15 is 0 Å². The van der Waals surface area contributed by atoms with Crippen LogP contribution in [0.2, 0.25) is 5.02 Å². The molecule has 2 N–H and O–H groups in total. The van der Waals surface area contributed by atoms with Crippen molar-refractivity contribution in [2.45, 2.75) is 4.90 Å². The largest absolute Gasteiger partial charge is 0.496 e. The number of carbonyl (C=O) groups is 2. The van der Waals surface area contributed by atoms with E-state index in [9.17, 15) is 18.0 Å². The molecule has 0 bridgehead atoms. The second-order valence-electron chi connectivity index (χ2n) is 4.89. The van der Waals surface area contributed by atoms with Crippen molar-refractivity contribution in [3.63, 3.8) is 0 Å². The molecule has 0 radical (unpaired) electrons. The van der Waals surface area contributed by atoms with Gasteiger partial charge in [0.25, 0.3) is 0 Å². The highest BCUT2D eigenvalue weighted by Crippen LogP contribution is 2.22. The van der Waals surface area contributed by atoms with Gasteiger partial charge in [0, 0.05) is 0 Å². The Balaban J connectivity index is 2.17. The fourth-order valence-electron chi connectivity index (χ4n) is 2.00. The number of para-hydroxylation sites is 1. The quantitative estimate of drug-likeness (QED) is 0.603. The Morgan fingerprint density at radius 3 is 2.44 bits per heavy atom. The maximum absolute atomic E-state index is 12.2. The van der Waals surface area contributed by atoms with E-state index in [4.69, 9.17) is 26.2 Å². The Morgan fingerprint density at radius 2 is 1.80 bits per heavy atom. The van der Waals surface area contributed by atoms with Gasteiger partial charge >= 0.3 is 5.97 Å². The SMILES string of the molecule is COc1ccccc1C(=O)COC(=O)c1cc(S(N)(=O)=O)ccc1Cl. The van der Waals surface area contributed by atoms with Crippen LogP contribution in [0.1, 0.15) is 20.7 Å². The lowest BCUT2D eigenvalue weighted by Gasteiger charge is -2.09. The number of sulfonamides is 1. The highest BCUT2D eigenvalue weighted by molar-refractivity contribution is 7.89. The summed E-state index contributed by atoms with van der Waals surface area (Å²) in [5, 5.41) is 4.99. The number of ketones is 1. The number of Topliss-reactive ketones (excluding diaryl/α,β-unsaturated/α-hetero) is 1. The van der Waals surface area contributed by atoms with Crippen molar-refractivity contribution in [1.29, 1.82) is 0 Å². The van der Waals surface area contributed by atoms with Crippen LogP contribution >= 0.6 is 11.6 Å². The minimum absolute atomic E-state index is 0.0258. The van der Waals surface area contributed by atoms with Crippen molar-refractivity contribution in [1.82, 2.24) is 0 Å². The summed E-state index contributed by atoms with van der Waals surface area (Å²) in [5.74, 6) is -1.08. The summed E-state index contributed by atoms with van der Waals surface area (Å²) >= 11 is 5.88. The Labute approximate surface area is 149 Å². The standard InChI is InChI=1S/C16H14ClNO6S/c1-23-15-5-3-2-4-11(15)14(19)9-24-16(20)12-8-10(25(18,21)22)6-7-13(12)17/h2-8H,9H2,1H3,(H2,18,21,22). The van der Waals surface area contributed by atoms with Crippen molar-refractivity contribution in [3.05, 3.63) is 58.6 Å². The molecule has 0 atom stereocenters. The van der Waals surface area contributed by atoms with Crippen LogP contribution in [0, 0.1) is 0 Å². The maximum atomic E-state index is 12.2. The third-order valence-electron chi connectivity index (χ3n) is 3.23. The predicted molar refractivity (Wildman–Crippen MR) is 90.4 cm³/mol. The van der Waals surface area contributed by atoms with Gasteiger partial charge in [0.1, 0.15) is 5.75 Å². The van der Waals surface area contributed by atoms with E-state index in [-0.39, 0.29) is 21.0 Å². The van der Waals surface area contributed by atoms with E-state index in [1.165, 1.54) is 19.2 Å². The van der Waals surface area contributed by atoms with Gasteiger partial charge in [-0.3, -0.25) is 4.79 Å². The van der Waals surface area contributed by atoms with E-state index in [2.05, 4.69) is 0 Å². The van der Waals surface area contributed by atoms with Crippen molar-refractivity contribution in [3.8, 4) is 5.75 Å². The molecule has 9 heteroatoms. The van der Waals surface area contributed by atoms with Crippen LogP contribution in [0.3, 0.4) is 0 Å². The van der Waals surface area contributed by atoms with E-state index in [0.29, 0.717) is 5.75 Å². The van der Waals surface area contributed by atoms with Crippen molar-refractivity contribution in [2.24, 2.45) is 5.14 Å². The summed E-state index contributed by atoms with van der Waals surface area (Å²) in [6.07, 6.45) is 0. The van der Waals surface area contributed by atoms with Gasteiger partial charge in [0.15, 0.2) is 6.61 Å². The summed E-state index contributed by atoms with van der Waals surface area (Å²) in [7, 11) is -2.60. The monoisotopic (exact) mass is 383 g/mol. The summed E-state index contributed by atoms with van der Waals surface area (Å²) in [6.45, 7) is -0.560. The molecule has 25 heavy (non-hydrogen) atoms. The molecule has 0 aliphatic carbocycles. The first-order valence-electron chi connectivity index (χ1n) is 6.89. The van der Waals surface area contributed by atoms with E-state index in [0.717, 1.165) is 12.1 Å². The molecule has 132 valence electrons. The van der Waals surface area contributed by atoms with Gasteiger partial charge in [-0.1, -0.05) is 23.7 Å². The van der Waals surface area contributed by atoms with Gasteiger partial charge in [-0.2, -0.15) is 0 Å². The number of benzene rings is 2. The molecule has 2 rings (SSSR count). The molecule has 0 aliphatic heterocycles. The maximum Gasteiger partial charge on any atom is 0.340 e. The molecule has 0 aliphatic rings. The van der Waals surface area contributed by atoms with Crippen LogP contribution in [0.15, 0.2) is 47.4 Å². The van der Waals surface area contributed by atoms with Gasteiger partial charge in [-0.15, -0.1) is 0 Å². The summed E-state index contributed by atoms with van der Waals surface area (Å²) in [5.41, 5.74) is 0.0446. The van der Waals surface area contributed by atoms with Gasteiger partial charge in [0.05, 0.1) is 28.2 Å². The Bertz CT molecular complexity index is 926. The van der Waals surface area contributed by atoms with Crippen LogP contribution < -0.4 is 9.88 Å². The number of hydrogen-bond donors (Lipinski definition) is 1. The average Bonchev–Trinajstić information content (AvgIpc) is 2.58.